The van der Waals surface area contributed by atoms with E-state index in [4.69, 9.17) is 0 Å². The van der Waals surface area contributed by atoms with E-state index < -0.39 is 15.8 Å². The molecule has 0 saturated heterocycles. The Bertz CT molecular complexity index is 1140. The van der Waals surface area contributed by atoms with Crippen molar-refractivity contribution in [2.75, 3.05) is 0 Å². The third kappa shape index (κ3) is 4.74. The number of hydrogen-bond donors (Lipinski definition) is 0. The zero-order chi connectivity index (χ0) is 22.5. The Morgan fingerprint density at radius 2 is 0.909 bits per heavy atom. The summed E-state index contributed by atoms with van der Waals surface area (Å²) in [7, 11) is -1.27. The van der Waals surface area contributed by atoms with Crippen molar-refractivity contribution < 1.29 is 18.3 Å². The van der Waals surface area contributed by atoms with Gasteiger partial charge in [-0.25, -0.2) is 0 Å². The molecule has 3 heteroatoms. The summed E-state index contributed by atoms with van der Waals surface area (Å²) in [6, 6.07) is 44.4. The van der Waals surface area contributed by atoms with Crippen molar-refractivity contribution in [2.24, 2.45) is 0 Å². The van der Waals surface area contributed by atoms with Crippen LogP contribution in [0.5, 0.6) is 0 Å². The molecule has 33 heavy (non-hydrogen) atoms. The molecule has 0 fully saturated rings. The minimum atomic E-state index is -0.657. The van der Waals surface area contributed by atoms with Crippen LogP contribution in [-0.4, -0.2) is 9.41 Å². The third-order valence-corrected chi connectivity index (χ3v) is 14.0. The van der Waals surface area contributed by atoms with Gasteiger partial charge in [-0.05, 0) is 0 Å². The average molecular weight is 549 g/mol. The molecule has 0 bridgehead atoms. The van der Waals surface area contributed by atoms with Gasteiger partial charge in [0.25, 0.3) is 0 Å². The first-order valence-electron chi connectivity index (χ1n) is 11.1. The number of allylic oxidation sites excluding steroid dienone is 4. The summed E-state index contributed by atoms with van der Waals surface area (Å²) in [5.74, 6) is 0. The summed E-state index contributed by atoms with van der Waals surface area (Å²) in [5.41, 5.74) is 0.352. The van der Waals surface area contributed by atoms with Crippen molar-refractivity contribution in [3.8, 4) is 0 Å². The zero-order valence-corrected chi connectivity index (χ0v) is 21.7. The summed E-state index contributed by atoms with van der Waals surface area (Å²) >= 11 is 3.21. The Morgan fingerprint density at radius 1 is 0.515 bits per heavy atom. The molecule has 0 heterocycles. The van der Waals surface area contributed by atoms with E-state index in [9.17, 15) is 0 Å². The molecular weight excluding hydrogens is 523 g/mol. The van der Waals surface area contributed by atoms with Gasteiger partial charge in [-0.1, -0.05) is 0 Å². The first-order chi connectivity index (χ1) is 16.3. The maximum absolute atomic E-state index is 3.21. The van der Waals surface area contributed by atoms with Crippen LogP contribution in [0, 0.1) is 0 Å². The van der Waals surface area contributed by atoms with E-state index in [1.165, 1.54) is 21.2 Å². The fourth-order valence-electron chi connectivity index (χ4n) is 4.40. The molecule has 0 aliphatic heterocycles. The van der Waals surface area contributed by atoms with Crippen molar-refractivity contribution in [1.82, 2.24) is 0 Å². The second-order valence-corrected chi connectivity index (χ2v) is 14.8. The van der Waals surface area contributed by atoms with Crippen LogP contribution in [0.2, 0.25) is 0 Å². The van der Waals surface area contributed by atoms with E-state index in [1.54, 1.807) is 0 Å². The van der Waals surface area contributed by atoms with Crippen LogP contribution in [0.4, 0.5) is 0 Å². The zero-order valence-electron chi connectivity index (χ0n) is 18.2. The Morgan fingerprint density at radius 3 is 1.33 bits per heavy atom. The fraction of sp³-hybridized carbons (Fsp3) is 0.0667. The summed E-state index contributed by atoms with van der Waals surface area (Å²) in [4.78, 5) is 0. The van der Waals surface area contributed by atoms with Gasteiger partial charge in [0, 0.05) is 0 Å². The SMILES string of the molecule is [Ru][C]1(P(c2ccccc2)c2ccccc2)C=CC=CC1P(c1ccccc1)c1ccccc1. The molecule has 2 unspecified atom stereocenters. The van der Waals surface area contributed by atoms with Crippen molar-refractivity contribution in [1.29, 1.82) is 0 Å². The molecule has 0 aromatic heterocycles. The van der Waals surface area contributed by atoms with Gasteiger partial charge in [0.15, 0.2) is 0 Å². The molecule has 0 spiro atoms. The average Bonchev–Trinajstić information content (AvgIpc) is 2.88. The van der Waals surface area contributed by atoms with Crippen LogP contribution in [0.25, 0.3) is 0 Å². The van der Waals surface area contributed by atoms with Crippen molar-refractivity contribution in [2.45, 2.75) is 9.41 Å². The molecule has 5 rings (SSSR count). The number of hydrogen-bond acceptors (Lipinski definition) is 0. The Kier molecular flexibility index (Phi) is 7.14. The van der Waals surface area contributed by atoms with Crippen molar-refractivity contribution in [3.05, 3.63) is 146 Å². The van der Waals surface area contributed by atoms with Crippen molar-refractivity contribution >= 4 is 37.1 Å². The van der Waals surface area contributed by atoms with Crippen LogP contribution >= 0.6 is 15.8 Å². The number of benzene rings is 4. The summed E-state index contributed by atoms with van der Waals surface area (Å²) in [5, 5.41) is 5.68. The molecule has 0 saturated carbocycles. The quantitative estimate of drug-likeness (QED) is 0.205. The van der Waals surface area contributed by atoms with Gasteiger partial charge in [0.1, 0.15) is 0 Å². The maximum atomic E-state index is 3.21. The van der Waals surface area contributed by atoms with E-state index in [-0.39, 0.29) is 3.75 Å². The Hall–Kier alpha value is -2.16. The summed E-state index contributed by atoms with van der Waals surface area (Å²) in [6.07, 6.45) is 9.42. The van der Waals surface area contributed by atoms with Crippen LogP contribution in [0.15, 0.2) is 146 Å². The Balaban J connectivity index is 1.70. The molecule has 163 valence electrons. The van der Waals surface area contributed by atoms with Crippen LogP contribution in [-0.2, 0) is 18.3 Å². The predicted molar refractivity (Wildman–Crippen MR) is 143 cm³/mol. The first kappa shape index (κ1) is 22.6. The van der Waals surface area contributed by atoms with Gasteiger partial charge in [0.2, 0.25) is 0 Å². The second-order valence-electron chi connectivity index (χ2n) is 7.94. The van der Waals surface area contributed by atoms with Crippen LogP contribution in [0.1, 0.15) is 0 Å². The van der Waals surface area contributed by atoms with Crippen LogP contribution < -0.4 is 21.2 Å². The van der Waals surface area contributed by atoms with Gasteiger partial charge < -0.3 is 0 Å². The normalized spacial score (nSPS) is 19.8. The topological polar surface area (TPSA) is 0 Å². The standard InChI is InChI=1S/C30H25P2.Ru/c1-5-15-25(16-6-1)31(26-17-7-2-8-18-26)29-23-13-14-24-30(29)32(27-19-9-3-10-20-27)28-21-11-4-12-22-28;/h1-24,29H;. The fourth-order valence-corrected chi connectivity index (χ4v) is 12.7. The summed E-state index contributed by atoms with van der Waals surface area (Å²) < 4.78 is -0.0936. The van der Waals surface area contributed by atoms with E-state index in [1.807, 2.05) is 0 Å². The minimum absolute atomic E-state index is 0.0936. The van der Waals surface area contributed by atoms with E-state index >= 15 is 0 Å². The van der Waals surface area contributed by atoms with Gasteiger partial charge in [-0.2, -0.15) is 0 Å². The van der Waals surface area contributed by atoms with Gasteiger partial charge >= 0.3 is 210 Å². The predicted octanol–water partition coefficient (Wildman–Crippen LogP) is 5.99. The molecule has 0 N–H and O–H groups in total. The van der Waals surface area contributed by atoms with E-state index in [0.29, 0.717) is 5.66 Å². The van der Waals surface area contributed by atoms with E-state index in [0.717, 1.165) is 0 Å². The molecule has 0 radical (unpaired) electrons. The Labute approximate surface area is 209 Å². The van der Waals surface area contributed by atoms with Crippen LogP contribution in [0.3, 0.4) is 0 Å². The van der Waals surface area contributed by atoms with Gasteiger partial charge in [-0.3, -0.25) is 0 Å². The second kappa shape index (κ2) is 10.4. The third-order valence-electron chi connectivity index (χ3n) is 5.85. The molecule has 1 aliphatic rings. The number of rotatable bonds is 6. The van der Waals surface area contributed by atoms with E-state index in [2.05, 4.69) is 164 Å². The molecule has 4 aromatic carbocycles. The van der Waals surface area contributed by atoms with Gasteiger partial charge in [-0.15, -0.1) is 0 Å². The molecule has 1 aliphatic carbocycles. The van der Waals surface area contributed by atoms with Crippen molar-refractivity contribution in [3.63, 3.8) is 0 Å². The molecule has 0 nitrogen and oxygen atoms in total. The van der Waals surface area contributed by atoms with Gasteiger partial charge in [0.05, 0.1) is 0 Å². The summed E-state index contributed by atoms with van der Waals surface area (Å²) in [6.45, 7) is 0. The molecular formula is C30H25P2Ru. The molecule has 0 amide bonds. The molecule has 2 atom stereocenters. The first-order valence-corrected chi connectivity index (χ1v) is 14.7. The molecule has 4 aromatic rings. The monoisotopic (exact) mass is 549 g/mol.